The maximum absolute atomic E-state index is 12.6. The van der Waals surface area contributed by atoms with E-state index in [9.17, 15) is 4.79 Å². The highest BCUT2D eigenvalue weighted by molar-refractivity contribution is 7.99. The van der Waals surface area contributed by atoms with Crippen LogP contribution in [0.3, 0.4) is 0 Å². The highest BCUT2D eigenvalue weighted by atomic mass is 32.2. The number of carbonyl (C=O) groups is 1. The van der Waals surface area contributed by atoms with Crippen molar-refractivity contribution < 1.29 is 4.79 Å². The zero-order valence-electron chi connectivity index (χ0n) is 13.2. The molecule has 0 spiro atoms. The van der Waals surface area contributed by atoms with E-state index in [1.165, 1.54) is 5.56 Å². The van der Waals surface area contributed by atoms with Gasteiger partial charge in [-0.3, -0.25) is 9.78 Å². The number of carbonyl (C=O) groups excluding carboxylic acids is 1. The molecule has 120 valence electrons. The van der Waals surface area contributed by atoms with Crippen LogP contribution in [-0.2, 0) is 0 Å². The minimum absolute atomic E-state index is 0.169. The van der Waals surface area contributed by atoms with Crippen molar-refractivity contribution in [2.45, 2.75) is 17.2 Å². The van der Waals surface area contributed by atoms with Gasteiger partial charge in [0.25, 0.3) is 5.91 Å². The number of aromatic nitrogens is 2. The fourth-order valence-electron chi connectivity index (χ4n) is 2.25. The van der Waals surface area contributed by atoms with Gasteiger partial charge in [-0.2, -0.15) is 0 Å². The van der Waals surface area contributed by atoms with Gasteiger partial charge in [0.1, 0.15) is 5.03 Å². The van der Waals surface area contributed by atoms with Crippen LogP contribution in [0.2, 0.25) is 0 Å². The second-order valence-corrected chi connectivity index (χ2v) is 6.55. The number of hydrogen-bond donors (Lipinski definition) is 1. The summed E-state index contributed by atoms with van der Waals surface area (Å²) in [5, 5.41) is 3.80. The molecule has 2 aromatic heterocycles. The molecule has 5 heteroatoms. The predicted molar refractivity (Wildman–Crippen MR) is 97.1 cm³/mol. The molecule has 0 bridgehead atoms. The lowest BCUT2D eigenvalue weighted by Gasteiger charge is -2.13. The normalized spacial score (nSPS) is 11.7. The molecule has 1 amide bonds. The maximum Gasteiger partial charge on any atom is 0.258 e. The molecule has 3 aromatic rings. The summed E-state index contributed by atoms with van der Waals surface area (Å²) in [5.74, 6) is -0.169. The molecule has 0 aliphatic carbocycles. The number of rotatable bonds is 5. The lowest BCUT2D eigenvalue weighted by atomic mass is 10.2. The smallest absolute Gasteiger partial charge is 0.258 e. The van der Waals surface area contributed by atoms with Crippen LogP contribution in [0.1, 0.15) is 28.1 Å². The van der Waals surface area contributed by atoms with Gasteiger partial charge in [-0.15, -0.1) is 0 Å². The number of amides is 1. The third-order valence-corrected chi connectivity index (χ3v) is 4.69. The minimum atomic E-state index is -0.169. The zero-order valence-corrected chi connectivity index (χ0v) is 14.0. The second-order valence-electron chi connectivity index (χ2n) is 5.22. The van der Waals surface area contributed by atoms with Crippen LogP contribution in [0.25, 0.3) is 0 Å². The highest BCUT2D eigenvalue weighted by Crippen LogP contribution is 2.35. The van der Waals surface area contributed by atoms with Crippen LogP contribution in [0.5, 0.6) is 0 Å². The molecule has 0 aliphatic heterocycles. The van der Waals surface area contributed by atoms with Crippen LogP contribution in [0, 0.1) is 0 Å². The Hall–Kier alpha value is -2.66. The number of pyridine rings is 2. The van der Waals surface area contributed by atoms with Crippen molar-refractivity contribution in [3.8, 4) is 0 Å². The Balaban J connectivity index is 1.79. The Labute approximate surface area is 145 Å². The number of anilines is 1. The Kier molecular flexibility index (Phi) is 5.23. The van der Waals surface area contributed by atoms with Crippen LogP contribution in [0.15, 0.2) is 78.2 Å². The molecular formula is C19H17N3OS. The van der Waals surface area contributed by atoms with Crippen LogP contribution in [-0.4, -0.2) is 15.9 Å². The third-order valence-electron chi connectivity index (χ3n) is 3.51. The van der Waals surface area contributed by atoms with E-state index in [1.807, 2.05) is 18.2 Å². The van der Waals surface area contributed by atoms with Gasteiger partial charge in [0, 0.05) is 29.5 Å². The summed E-state index contributed by atoms with van der Waals surface area (Å²) in [6.45, 7) is 2.11. The molecular weight excluding hydrogens is 318 g/mol. The molecule has 3 rings (SSSR count). The van der Waals surface area contributed by atoms with E-state index < -0.39 is 0 Å². The van der Waals surface area contributed by atoms with E-state index in [0.717, 1.165) is 5.03 Å². The van der Waals surface area contributed by atoms with Gasteiger partial charge < -0.3 is 5.32 Å². The summed E-state index contributed by atoms with van der Waals surface area (Å²) in [4.78, 5) is 20.9. The summed E-state index contributed by atoms with van der Waals surface area (Å²) in [6.07, 6.45) is 5.00. The molecule has 1 aromatic carbocycles. The standard InChI is InChI=1S/C19H17N3OS/c1-14(15-6-3-2-4-7-15)24-19-17(8-5-11-21-19)18(23)22-16-9-12-20-13-10-16/h2-14H,1H3,(H,20,22,23). The molecule has 1 N–H and O–H groups in total. The summed E-state index contributed by atoms with van der Waals surface area (Å²) < 4.78 is 0. The maximum atomic E-state index is 12.6. The van der Waals surface area contributed by atoms with Gasteiger partial charge in [0.05, 0.1) is 5.56 Å². The molecule has 2 heterocycles. The van der Waals surface area contributed by atoms with E-state index in [2.05, 4.69) is 34.3 Å². The van der Waals surface area contributed by atoms with Crippen LogP contribution < -0.4 is 5.32 Å². The van der Waals surface area contributed by atoms with E-state index in [4.69, 9.17) is 0 Å². The van der Waals surface area contributed by atoms with Crippen molar-refractivity contribution in [3.05, 3.63) is 84.3 Å². The monoisotopic (exact) mass is 335 g/mol. The average Bonchev–Trinajstić information content (AvgIpc) is 2.63. The quantitative estimate of drug-likeness (QED) is 0.693. The number of thioether (sulfide) groups is 1. The van der Waals surface area contributed by atoms with Crippen molar-refractivity contribution in [1.82, 2.24) is 9.97 Å². The molecule has 0 saturated heterocycles. The first-order chi connectivity index (χ1) is 11.7. The fourth-order valence-corrected chi connectivity index (χ4v) is 3.29. The van der Waals surface area contributed by atoms with Crippen molar-refractivity contribution in [1.29, 1.82) is 0 Å². The summed E-state index contributed by atoms with van der Waals surface area (Å²) >= 11 is 1.58. The number of hydrogen-bond acceptors (Lipinski definition) is 4. The lowest BCUT2D eigenvalue weighted by Crippen LogP contribution is -2.13. The van der Waals surface area contributed by atoms with Crippen molar-refractivity contribution in [2.75, 3.05) is 5.32 Å². The highest BCUT2D eigenvalue weighted by Gasteiger charge is 2.16. The number of benzene rings is 1. The molecule has 0 saturated carbocycles. The van der Waals surface area contributed by atoms with E-state index in [-0.39, 0.29) is 11.2 Å². The van der Waals surface area contributed by atoms with Gasteiger partial charge in [-0.25, -0.2) is 4.98 Å². The topological polar surface area (TPSA) is 54.9 Å². The van der Waals surface area contributed by atoms with Crippen LogP contribution in [0.4, 0.5) is 5.69 Å². The minimum Gasteiger partial charge on any atom is -0.322 e. The molecule has 1 atom stereocenters. The predicted octanol–water partition coefficient (Wildman–Crippen LogP) is 4.58. The van der Waals surface area contributed by atoms with Gasteiger partial charge in [0.15, 0.2) is 0 Å². The Morgan fingerprint density at radius 3 is 2.50 bits per heavy atom. The van der Waals surface area contributed by atoms with Crippen molar-refractivity contribution in [2.24, 2.45) is 0 Å². The fraction of sp³-hybridized carbons (Fsp3) is 0.105. The summed E-state index contributed by atoms with van der Waals surface area (Å²) in [6, 6.07) is 17.3. The Morgan fingerprint density at radius 1 is 1.00 bits per heavy atom. The largest absolute Gasteiger partial charge is 0.322 e. The molecule has 4 nitrogen and oxygen atoms in total. The molecule has 1 unspecified atom stereocenters. The molecule has 0 aliphatic rings. The third kappa shape index (κ3) is 4.00. The SMILES string of the molecule is CC(Sc1ncccc1C(=O)Nc1ccncc1)c1ccccc1. The van der Waals surface area contributed by atoms with Gasteiger partial charge in [-0.1, -0.05) is 42.1 Å². The van der Waals surface area contributed by atoms with Crippen molar-refractivity contribution in [3.63, 3.8) is 0 Å². The Morgan fingerprint density at radius 2 is 1.75 bits per heavy atom. The Bertz CT molecular complexity index is 809. The summed E-state index contributed by atoms with van der Waals surface area (Å²) in [5.41, 5.74) is 2.49. The first-order valence-electron chi connectivity index (χ1n) is 7.62. The van der Waals surface area contributed by atoms with E-state index in [1.54, 1.807) is 54.6 Å². The van der Waals surface area contributed by atoms with E-state index in [0.29, 0.717) is 11.3 Å². The number of nitrogens with zero attached hydrogens (tertiary/aromatic N) is 2. The molecule has 24 heavy (non-hydrogen) atoms. The van der Waals surface area contributed by atoms with Crippen molar-refractivity contribution >= 4 is 23.4 Å². The van der Waals surface area contributed by atoms with E-state index >= 15 is 0 Å². The first kappa shape index (κ1) is 16.2. The number of nitrogens with one attached hydrogen (secondary N) is 1. The van der Waals surface area contributed by atoms with Gasteiger partial charge in [-0.05, 0) is 36.8 Å². The van der Waals surface area contributed by atoms with Crippen LogP contribution >= 0.6 is 11.8 Å². The second kappa shape index (κ2) is 7.75. The first-order valence-corrected chi connectivity index (χ1v) is 8.50. The average molecular weight is 335 g/mol. The lowest BCUT2D eigenvalue weighted by molar-refractivity contribution is 0.102. The van der Waals surface area contributed by atoms with Gasteiger partial charge >= 0.3 is 0 Å². The zero-order chi connectivity index (χ0) is 16.8. The molecule has 0 radical (unpaired) electrons. The summed E-state index contributed by atoms with van der Waals surface area (Å²) in [7, 11) is 0. The van der Waals surface area contributed by atoms with Gasteiger partial charge in [0.2, 0.25) is 0 Å². The molecule has 0 fully saturated rings.